The van der Waals surface area contributed by atoms with Crippen LogP contribution in [-0.2, 0) is 23.0 Å². The standard InChI is InChI=1S/C19H18N2O3S/c20-19(22)18-10-17(12-21(18)11-14-4-2-1-3-5-14)16-8-6-15(7-9-16)13-25(23)24/h1-10,12,25H,11,13H2,(H2,20,22). The van der Waals surface area contributed by atoms with Gasteiger partial charge in [0.2, 0.25) is 0 Å². The molecule has 2 N–H and O–H groups in total. The molecule has 0 spiro atoms. The first-order chi connectivity index (χ1) is 12.0. The van der Waals surface area contributed by atoms with Gasteiger partial charge in [-0.1, -0.05) is 54.6 Å². The monoisotopic (exact) mass is 354 g/mol. The maximum Gasteiger partial charge on any atom is 0.265 e. The number of aromatic nitrogens is 1. The number of carbonyl (C=O) groups is 1. The Hall–Kier alpha value is -2.86. The highest BCUT2D eigenvalue weighted by molar-refractivity contribution is 7.71. The van der Waals surface area contributed by atoms with E-state index in [1.54, 1.807) is 18.2 Å². The summed E-state index contributed by atoms with van der Waals surface area (Å²) in [6.45, 7) is 0.549. The summed E-state index contributed by atoms with van der Waals surface area (Å²) < 4.78 is 23.4. The van der Waals surface area contributed by atoms with Crippen molar-refractivity contribution in [2.24, 2.45) is 5.73 Å². The number of nitrogens with two attached hydrogens (primary N) is 1. The maximum absolute atomic E-state index is 11.8. The number of hydrogen-bond donors (Lipinski definition) is 2. The van der Waals surface area contributed by atoms with Crippen LogP contribution in [0.15, 0.2) is 66.9 Å². The molecule has 0 radical (unpaired) electrons. The molecule has 3 rings (SSSR count). The maximum atomic E-state index is 11.8. The van der Waals surface area contributed by atoms with E-state index in [0.29, 0.717) is 12.2 Å². The number of rotatable bonds is 6. The van der Waals surface area contributed by atoms with Crippen LogP contribution in [0, 0.1) is 0 Å². The van der Waals surface area contributed by atoms with Crippen LogP contribution in [0.2, 0.25) is 0 Å². The molecule has 0 unspecified atom stereocenters. The molecule has 0 fully saturated rings. The van der Waals surface area contributed by atoms with Crippen LogP contribution in [0.5, 0.6) is 0 Å². The zero-order valence-corrected chi connectivity index (χ0v) is 14.4. The van der Waals surface area contributed by atoms with E-state index in [-0.39, 0.29) is 5.75 Å². The Balaban J connectivity index is 1.92. The first-order valence-corrected chi connectivity index (χ1v) is 9.14. The first-order valence-electron chi connectivity index (χ1n) is 7.78. The highest BCUT2D eigenvalue weighted by Crippen LogP contribution is 2.24. The van der Waals surface area contributed by atoms with Gasteiger partial charge in [0.25, 0.3) is 5.91 Å². The molecular formula is C19H18N2O3S. The van der Waals surface area contributed by atoms with Gasteiger partial charge in [-0.25, -0.2) is 8.42 Å². The van der Waals surface area contributed by atoms with Gasteiger partial charge in [0.15, 0.2) is 0 Å². The predicted octanol–water partition coefficient (Wildman–Crippen LogP) is 2.41. The van der Waals surface area contributed by atoms with Gasteiger partial charge in [0.1, 0.15) is 16.4 Å². The predicted molar refractivity (Wildman–Crippen MR) is 97.9 cm³/mol. The van der Waals surface area contributed by atoms with Crippen LogP contribution in [0.3, 0.4) is 0 Å². The molecule has 0 bridgehead atoms. The molecule has 6 heteroatoms. The highest BCUT2D eigenvalue weighted by Gasteiger charge is 2.12. The summed E-state index contributed by atoms with van der Waals surface area (Å²) in [4.78, 5) is 11.8. The molecule has 0 aliphatic carbocycles. The minimum atomic E-state index is -2.44. The Kier molecular flexibility index (Phi) is 5.00. The van der Waals surface area contributed by atoms with Crippen molar-refractivity contribution in [3.05, 3.63) is 83.7 Å². The van der Waals surface area contributed by atoms with E-state index in [1.165, 1.54) is 0 Å². The van der Waals surface area contributed by atoms with Crippen molar-refractivity contribution < 1.29 is 13.2 Å². The van der Waals surface area contributed by atoms with Crippen LogP contribution in [0.4, 0.5) is 0 Å². The van der Waals surface area contributed by atoms with Gasteiger partial charge in [-0.15, -0.1) is 0 Å². The summed E-state index contributed by atoms with van der Waals surface area (Å²) in [5.41, 5.74) is 9.52. The third-order valence-corrected chi connectivity index (χ3v) is 4.57. The lowest BCUT2D eigenvalue weighted by Gasteiger charge is -2.06. The first kappa shape index (κ1) is 17.0. The van der Waals surface area contributed by atoms with Gasteiger partial charge >= 0.3 is 0 Å². The second-order valence-corrected chi connectivity index (χ2v) is 6.76. The van der Waals surface area contributed by atoms with Gasteiger partial charge < -0.3 is 10.3 Å². The quantitative estimate of drug-likeness (QED) is 0.667. The summed E-state index contributed by atoms with van der Waals surface area (Å²) in [6.07, 6.45) is 1.89. The van der Waals surface area contributed by atoms with Gasteiger partial charge in [-0.05, 0) is 22.8 Å². The zero-order chi connectivity index (χ0) is 17.8. The minimum Gasteiger partial charge on any atom is -0.364 e. The Labute approximate surface area is 147 Å². The van der Waals surface area contributed by atoms with E-state index in [0.717, 1.165) is 22.3 Å². The number of carbonyl (C=O) groups excluding carboxylic acids is 1. The molecule has 5 nitrogen and oxygen atoms in total. The fraction of sp³-hybridized carbons (Fsp3) is 0.105. The Morgan fingerprint density at radius 1 is 0.920 bits per heavy atom. The minimum absolute atomic E-state index is 0.0250. The average molecular weight is 354 g/mol. The van der Waals surface area contributed by atoms with Crippen LogP contribution < -0.4 is 5.73 Å². The number of thiol groups is 1. The van der Waals surface area contributed by atoms with Crippen molar-refractivity contribution in [2.75, 3.05) is 0 Å². The second-order valence-electron chi connectivity index (χ2n) is 5.78. The van der Waals surface area contributed by atoms with Gasteiger partial charge in [-0.3, -0.25) is 4.79 Å². The Bertz CT molecular complexity index is 950. The lowest BCUT2D eigenvalue weighted by molar-refractivity contribution is 0.0992. The van der Waals surface area contributed by atoms with Crippen LogP contribution >= 0.6 is 0 Å². The summed E-state index contributed by atoms with van der Waals surface area (Å²) in [5.74, 6) is -0.459. The molecule has 0 saturated heterocycles. The highest BCUT2D eigenvalue weighted by atomic mass is 32.2. The normalized spacial score (nSPS) is 10.9. The average Bonchev–Trinajstić information content (AvgIpc) is 3.00. The molecule has 0 aliphatic heterocycles. The van der Waals surface area contributed by atoms with Gasteiger partial charge in [0, 0.05) is 18.3 Å². The zero-order valence-electron chi connectivity index (χ0n) is 13.5. The molecule has 1 aromatic heterocycles. The number of nitrogens with zero attached hydrogens (tertiary/aromatic N) is 1. The van der Waals surface area contributed by atoms with Gasteiger partial charge in [-0.2, -0.15) is 0 Å². The SMILES string of the molecule is NC(=O)c1cc(-c2ccc(C[SH](=O)=O)cc2)cn1Cc1ccccc1. The van der Waals surface area contributed by atoms with E-state index in [2.05, 4.69) is 0 Å². The Morgan fingerprint density at radius 3 is 2.20 bits per heavy atom. The van der Waals surface area contributed by atoms with Crippen molar-refractivity contribution in [3.63, 3.8) is 0 Å². The second kappa shape index (κ2) is 7.36. The molecule has 128 valence electrons. The molecular weight excluding hydrogens is 336 g/mol. The Morgan fingerprint density at radius 2 is 1.60 bits per heavy atom. The number of primary amides is 1. The molecule has 0 atom stereocenters. The third-order valence-electron chi connectivity index (χ3n) is 3.94. The number of benzene rings is 2. The fourth-order valence-electron chi connectivity index (χ4n) is 2.74. The summed E-state index contributed by atoms with van der Waals surface area (Å²) in [6, 6.07) is 18.8. The van der Waals surface area contributed by atoms with Crippen molar-refractivity contribution in [1.82, 2.24) is 4.57 Å². The van der Waals surface area contributed by atoms with Gasteiger partial charge in [0.05, 0.1) is 5.75 Å². The van der Waals surface area contributed by atoms with Crippen molar-refractivity contribution in [2.45, 2.75) is 12.3 Å². The summed E-state index contributed by atoms with van der Waals surface area (Å²) in [5, 5.41) is 0. The summed E-state index contributed by atoms with van der Waals surface area (Å²) >= 11 is 0. The van der Waals surface area contributed by atoms with Crippen molar-refractivity contribution in [1.29, 1.82) is 0 Å². The third kappa shape index (κ3) is 4.16. The molecule has 1 heterocycles. The van der Waals surface area contributed by atoms with E-state index in [9.17, 15) is 13.2 Å². The molecule has 0 saturated carbocycles. The number of amides is 1. The van der Waals surface area contributed by atoms with E-state index >= 15 is 0 Å². The molecule has 0 aliphatic rings. The van der Waals surface area contributed by atoms with E-state index in [1.807, 2.05) is 53.2 Å². The van der Waals surface area contributed by atoms with Crippen molar-refractivity contribution in [3.8, 4) is 11.1 Å². The molecule has 2 aromatic carbocycles. The molecule has 3 aromatic rings. The largest absolute Gasteiger partial charge is 0.364 e. The fourth-order valence-corrected chi connectivity index (χ4v) is 3.25. The van der Waals surface area contributed by atoms with Crippen LogP contribution in [0.25, 0.3) is 11.1 Å². The summed E-state index contributed by atoms with van der Waals surface area (Å²) in [7, 11) is -2.44. The van der Waals surface area contributed by atoms with E-state index < -0.39 is 16.6 Å². The topological polar surface area (TPSA) is 82.2 Å². The number of hydrogen-bond acceptors (Lipinski definition) is 3. The smallest absolute Gasteiger partial charge is 0.265 e. The lowest BCUT2D eigenvalue weighted by Crippen LogP contribution is -2.16. The van der Waals surface area contributed by atoms with Crippen LogP contribution in [-0.4, -0.2) is 18.9 Å². The van der Waals surface area contributed by atoms with E-state index in [4.69, 9.17) is 5.73 Å². The van der Waals surface area contributed by atoms with Crippen LogP contribution in [0.1, 0.15) is 21.6 Å². The molecule has 1 amide bonds. The molecule has 25 heavy (non-hydrogen) atoms. The van der Waals surface area contributed by atoms with Crippen molar-refractivity contribution >= 4 is 16.6 Å². The lowest BCUT2D eigenvalue weighted by atomic mass is 10.1.